The molecule has 1 fully saturated rings. The van der Waals surface area contributed by atoms with Crippen LogP contribution in [0.15, 0.2) is 61.2 Å². The van der Waals surface area contributed by atoms with E-state index in [1.165, 1.54) is 43.2 Å². The first kappa shape index (κ1) is 25.6. The van der Waals surface area contributed by atoms with Crippen LogP contribution in [0.2, 0.25) is 0 Å². The van der Waals surface area contributed by atoms with E-state index in [0.717, 1.165) is 49.0 Å². The van der Waals surface area contributed by atoms with Gasteiger partial charge in [-0.15, -0.1) is 6.58 Å². The van der Waals surface area contributed by atoms with E-state index >= 15 is 0 Å². The molecule has 0 bridgehead atoms. The summed E-state index contributed by atoms with van der Waals surface area (Å²) in [5, 5.41) is 1.20. The van der Waals surface area contributed by atoms with E-state index < -0.39 is 11.6 Å². The zero-order chi connectivity index (χ0) is 24.6. The van der Waals surface area contributed by atoms with Crippen molar-refractivity contribution in [1.82, 2.24) is 0 Å². The van der Waals surface area contributed by atoms with E-state index in [1.54, 1.807) is 0 Å². The van der Waals surface area contributed by atoms with Gasteiger partial charge in [0.25, 0.3) is 0 Å². The van der Waals surface area contributed by atoms with E-state index in [2.05, 4.69) is 43.8 Å². The monoisotopic (exact) mass is 474 g/mol. The van der Waals surface area contributed by atoms with Crippen LogP contribution in [0.3, 0.4) is 0 Å². The lowest BCUT2D eigenvalue weighted by Crippen LogP contribution is -2.13. The number of hydrogen-bond acceptors (Lipinski definition) is 0. The van der Waals surface area contributed by atoms with Gasteiger partial charge in [-0.05, 0) is 116 Å². The van der Waals surface area contributed by atoms with E-state index in [1.807, 2.05) is 24.3 Å². The number of unbranched alkanes of at least 4 members (excludes halogenated alkanes) is 2. The summed E-state index contributed by atoms with van der Waals surface area (Å²) < 4.78 is 29.8. The second-order valence-electron chi connectivity index (χ2n) is 10.5. The molecule has 186 valence electrons. The average Bonchev–Trinajstić information content (AvgIpc) is 2.90. The zero-order valence-electron chi connectivity index (χ0n) is 21.3. The first-order valence-corrected chi connectivity index (χ1v) is 13.7. The number of fused-ring (bicyclic) bond motifs is 1. The van der Waals surface area contributed by atoms with Gasteiger partial charge in [0.05, 0.1) is 0 Å². The fraction of sp³-hybridized carbons (Fsp3) is 0.455. The van der Waals surface area contributed by atoms with Gasteiger partial charge in [-0.3, -0.25) is 0 Å². The number of halogens is 2. The molecule has 3 aromatic rings. The molecule has 0 radical (unpaired) electrons. The van der Waals surface area contributed by atoms with E-state index in [4.69, 9.17) is 0 Å². The highest BCUT2D eigenvalue weighted by molar-refractivity contribution is 5.84. The highest BCUT2D eigenvalue weighted by atomic mass is 19.2. The molecular weight excluding hydrogens is 434 g/mol. The van der Waals surface area contributed by atoms with Crippen LogP contribution in [-0.4, -0.2) is 0 Å². The second kappa shape index (κ2) is 12.5. The molecule has 0 nitrogen and oxygen atoms in total. The van der Waals surface area contributed by atoms with Crippen LogP contribution in [0.1, 0.15) is 92.9 Å². The lowest BCUT2D eigenvalue weighted by Gasteiger charge is -2.28. The third-order valence-corrected chi connectivity index (χ3v) is 7.99. The summed E-state index contributed by atoms with van der Waals surface area (Å²) in [5.74, 6) is 0.123. The van der Waals surface area contributed by atoms with E-state index in [0.29, 0.717) is 29.7 Å². The number of allylic oxidation sites excluding steroid dienone is 1. The maximum absolute atomic E-state index is 14.9. The van der Waals surface area contributed by atoms with Crippen molar-refractivity contribution in [2.24, 2.45) is 5.92 Å². The lowest BCUT2D eigenvalue weighted by atomic mass is 9.77. The molecule has 3 aromatic carbocycles. The molecule has 4 rings (SSSR count). The van der Waals surface area contributed by atoms with Gasteiger partial charge in [0, 0.05) is 5.39 Å². The standard InChI is InChI=1S/C33H40F2/c1-3-5-7-9-26-15-20-29-23-30(32(34)33(35)31(29)22-26)21-14-25-12-18-28(19-13-25)27-16-10-24(11-17-27)8-6-4-2/h4,12-13,15,18-20,22-24,27H,2-3,5-11,14,16-17,21H2,1H3. The minimum atomic E-state index is -0.700. The van der Waals surface area contributed by atoms with Crippen molar-refractivity contribution in [3.05, 3.63) is 95.1 Å². The Morgan fingerprint density at radius 3 is 2.29 bits per heavy atom. The van der Waals surface area contributed by atoms with Crippen molar-refractivity contribution >= 4 is 10.8 Å². The molecule has 1 aliphatic carbocycles. The molecule has 2 heteroatoms. The Morgan fingerprint density at radius 2 is 1.57 bits per heavy atom. The molecule has 35 heavy (non-hydrogen) atoms. The van der Waals surface area contributed by atoms with Gasteiger partial charge in [0.1, 0.15) is 0 Å². The molecule has 0 aliphatic heterocycles. The molecule has 0 unspecified atom stereocenters. The van der Waals surface area contributed by atoms with Gasteiger partial charge in [0.15, 0.2) is 11.6 Å². The largest absolute Gasteiger partial charge is 0.203 e. The van der Waals surface area contributed by atoms with E-state index in [9.17, 15) is 8.78 Å². The minimum absolute atomic E-state index is 0.406. The zero-order valence-corrected chi connectivity index (χ0v) is 21.3. The smallest absolute Gasteiger partial charge is 0.166 e. The van der Waals surface area contributed by atoms with Crippen LogP contribution in [-0.2, 0) is 19.3 Å². The lowest BCUT2D eigenvalue weighted by molar-refractivity contribution is 0.312. The predicted molar refractivity (Wildman–Crippen MR) is 145 cm³/mol. The Balaban J connectivity index is 1.37. The molecule has 0 N–H and O–H groups in total. The summed E-state index contributed by atoms with van der Waals surface area (Å²) in [7, 11) is 0. The normalized spacial score (nSPS) is 18.1. The van der Waals surface area contributed by atoms with Crippen molar-refractivity contribution in [2.75, 3.05) is 0 Å². The number of hydrogen-bond donors (Lipinski definition) is 0. The fourth-order valence-electron chi connectivity index (χ4n) is 5.72. The molecule has 0 aromatic heterocycles. The number of rotatable bonds is 11. The van der Waals surface area contributed by atoms with Gasteiger partial charge in [-0.2, -0.15) is 0 Å². The van der Waals surface area contributed by atoms with Crippen molar-refractivity contribution in [1.29, 1.82) is 0 Å². The van der Waals surface area contributed by atoms with Gasteiger partial charge in [-0.1, -0.05) is 62.2 Å². The SMILES string of the molecule is C=CCCC1CCC(c2ccc(CCc3cc4ccc(CCCCC)cc4c(F)c3F)cc2)CC1. The highest BCUT2D eigenvalue weighted by Gasteiger charge is 2.22. The van der Waals surface area contributed by atoms with Crippen LogP contribution in [0, 0.1) is 17.6 Å². The molecule has 0 spiro atoms. The predicted octanol–water partition coefficient (Wildman–Crippen LogP) is 9.88. The third-order valence-electron chi connectivity index (χ3n) is 7.99. The Labute approximate surface area is 210 Å². The number of benzene rings is 3. The first-order valence-electron chi connectivity index (χ1n) is 13.7. The van der Waals surface area contributed by atoms with Crippen LogP contribution >= 0.6 is 0 Å². The summed E-state index contributed by atoms with van der Waals surface area (Å²) >= 11 is 0. The maximum atomic E-state index is 14.9. The maximum Gasteiger partial charge on any atom is 0.166 e. The minimum Gasteiger partial charge on any atom is -0.203 e. The molecule has 1 aliphatic rings. The first-order chi connectivity index (χ1) is 17.1. The molecule has 0 heterocycles. The summed E-state index contributed by atoms with van der Waals surface area (Å²) in [6.45, 7) is 6.02. The molecular formula is C33H40F2. The molecule has 0 saturated heterocycles. The second-order valence-corrected chi connectivity index (χ2v) is 10.5. The van der Waals surface area contributed by atoms with Gasteiger partial charge in [-0.25, -0.2) is 8.78 Å². The molecule has 0 atom stereocenters. The third kappa shape index (κ3) is 6.60. The van der Waals surface area contributed by atoms with Crippen LogP contribution in [0.5, 0.6) is 0 Å². The van der Waals surface area contributed by atoms with Gasteiger partial charge >= 0.3 is 0 Å². The summed E-state index contributed by atoms with van der Waals surface area (Å²) in [6.07, 6.45) is 15.1. The van der Waals surface area contributed by atoms with E-state index in [-0.39, 0.29) is 0 Å². The summed E-state index contributed by atoms with van der Waals surface area (Å²) in [5.41, 5.74) is 4.16. The molecule has 1 saturated carbocycles. The Hall–Kier alpha value is -2.48. The topological polar surface area (TPSA) is 0 Å². The van der Waals surface area contributed by atoms with Gasteiger partial charge in [0.2, 0.25) is 0 Å². The van der Waals surface area contributed by atoms with Crippen LogP contribution in [0.25, 0.3) is 10.8 Å². The molecule has 0 amide bonds. The fourth-order valence-corrected chi connectivity index (χ4v) is 5.72. The summed E-state index contributed by atoms with van der Waals surface area (Å²) in [4.78, 5) is 0. The van der Waals surface area contributed by atoms with Crippen molar-refractivity contribution in [2.45, 2.75) is 89.9 Å². The van der Waals surface area contributed by atoms with Crippen LogP contribution < -0.4 is 0 Å². The average molecular weight is 475 g/mol. The Kier molecular flexibility index (Phi) is 9.12. The number of aryl methyl sites for hydroxylation is 3. The Bertz CT molecular complexity index is 1100. The van der Waals surface area contributed by atoms with Crippen molar-refractivity contribution in [3.63, 3.8) is 0 Å². The van der Waals surface area contributed by atoms with Gasteiger partial charge < -0.3 is 0 Å². The Morgan fingerprint density at radius 1 is 0.829 bits per heavy atom. The van der Waals surface area contributed by atoms with Crippen LogP contribution in [0.4, 0.5) is 8.78 Å². The quantitative estimate of drug-likeness (QED) is 0.192. The van der Waals surface area contributed by atoms with Crippen molar-refractivity contribution < 1.29 is 8.78 Å². The summed E-state index contributed by atoms with van der Waals surface area (Å²) in [6, 6.07) is 16.5. The highest BCUT2D eigenvalue weighted by Crippen LogP contribution is 2.37. The van der Waals surface area contributed by atoms with Crippen molar-refractivity contribution in [3.8, 4) is 0 Å².